The average Bonchev–Trinajstić information content (AvgIpc) is 3.13. The zero-order valence-corrected chi connectivity index (χ0v) is 13.4. The first kappa shape index (κ1) is 15.8. The van der Waals surface area contributed by atoms with Gasteiger partial charge in [-0.15, -0.1) is 11.3 Å². The number of hydrogen-bond acceptors (Lipinski definition) is 3. The molecule has 1 aromatic heterocycles. The normalized spacial score (nSPS) is 21.5. The minimum Gasteiger partial charge on any atom is -0.481 e. The van der Waals surface area contributed by atoms with Gasteiger partial charge in [0.15, 0.2) is 0 Å². The number of carbonyl (C=O) groups is 2. The fourth-order valence-corrected chi connectivity index (χ4v) is 3.42. The predicted molar refractivity (Wildman–Crippen MR) is 82.6 cm³/mol. The number of amides is 2. The van der Waals surface area contributed by atoms with Crippen LogP contribution in [0, 0.1) is 5.41 Å². The SMILES string of the molecule is CCC1(C(=O)O)CCN(C(=O)N(C)CCc2cccs2)C1. The molecule has 2 heterocycles. The van der Waals surface area contributed by atoms with Gasteiger partial charge in [0.25, 0.3) is 0 Å². The number of nitrogens with zero attached hydrogens (tertiary/aromatic N) is 2. The first-order chi connectivity index (χ1) is 9.98. The zero-order valence-electron chi connectivity index (χ0n) is 12.5. The molecule has 1 unspecified atom stereocenters. The molecule has 1 saturated heterocycles. The molecule has 0 radical (unpaired) electrons. The minimum absolute atomic E-state index is 0.0665. The van der Waals surface area contributed by atoms with Crippen molar-refractivity contribution in [2.24, 2.45) is 5.41 Å². The molecule has 0 bridgehead atoms. The Hall–Kier alpha value is -1.56. The summed E-state index contributed by atoms with van der Waals surface area (Å²) in [6.45, 7) is 3.38. The lowest BCUT2D eigenvalue weighted by molar-refractivity contribution is -0.148. The lowest BCUT2D eigenvalue weighted by Crippen LogP contribution is -2.43. The molecule has 21 heavy (non-hydrogen) atoms. The quantitative estimate of drug-likeness (QED) is 0.909. The third-order valence-corrected chi connectivity index (χ3v) is 5.29. The van der Waals surface area contributed by atoms with Gasteiger partial charge in [0.1, 0.15) is 0 Å². The molecule has 116 valence electrons. The van der Waals surface area contributed by atoms with Crippen LogP contribution in [0.3, 0.4) is 0 Å². The molecule has 1 atom stereocenters. The number of hydrogen-bond donors (Lipinski definition) is 1. The summed E-state index contributed by atoms with van der Waals surface area (Å²) in [6, 6.07) is 4.00. The largest absolute Gasteiger partial charge is 0.481 e. The Balaban J connectivity index is 1.90. The maximum atomic E-state index is 12.4. The highest BCUT2D eigenvalue weighted by Gasteiger charge is 2.45. The Bertz CT molecular complexity index is 503. The second-order valence-electron chi connectivity index (χ2n) is 5.64. The number of rotatable bonds is 5. The van der Waals surface area contributed by atoms with Crippen LogP contribution < -0.4 is 0 Å². The molecule has 0 spiro atoms. The van der Waals surface area contributed by atoms with Crippen molar-refractivity contribution in [3.05, 3.63) is 22.4 Å². The first-order valence-corrected chi connectivity index (χ1v) is 8.12. The molecule has 1 aromatic rings. The highest BCUT2D eigenvalue weighted by molar-refractivity contribution is 7.09. The molecule has 2 amide bonds. The summed E-state index contributed by atoms with van der Waals surface area (Å²) < 4.78 is 0. The van der Waals surface area contributed by atoms with E-state index >= 15 is 0 Å². The summed E-state index contributed by atoms with van der Waals surface area (Å²) in [6.07, 6.45) is 1.94. The highest BCUT2D eigenvalue weighted by Crippen LogP contribution is 2.34. The summed E-state index contributed by atoms with van der Waals surface area (Å²) in [7, 11) is 1.78. The van der Waals surface area contributed by atoms with Crippen molar-refractivity contribution < 1.29 is 14.7 Å². The zero-order chi connectivity index (χ0) is 15.5. The van der Waals surface area contributed by atoms with Gasteiger partial charge in [0, 0.05) is 31.6 Å². The maximum Gasteiger partial charge on any atom is 0.319 e. The maximum absolute atomic E-state index is 12.4. The summed E-state index contributed by atoms with van der Waals surface area (Å²) >= 11 is 1.69. The van der Waals surface area contributed by atoms with Gasteiger partial charge < -0.3 is 14.9 Å². The second-order valence-corrected chi connectivity index (χ2v) is 6.68. The number of carboxylic acid groups (broad SMARTS) is 1. The molecule has 6 heteroatoms. The fraction of sp³-hybridized carbons (Fsp3) is 0.600. The van der Waals surface area contributed by atoms with Crippen LogP contribution in [0.15, 0.2) is 17.5 Å². The lowest BCUT2D eigenvalue weighted by atomic mass is 9.84. The van der Waals surface area contributed by atoms with E-state index in [0.29, 0.717) is 32.5 Å². The van der Waals surface area contributed by atoms with Crippen LogP contribution in [0.1, 0.15) is 24.6 Å². The number of likely N-dealkylation sites (tertiary alicyclic amines) is 1. The van der Waals surface area contributed by atoms with E-state index in [2.05, 4.69) is 6.07 Å². The van der Waals surface area contributed by atoms with Gasteiger partial charge in [0.2, 0.25) is 0 Å². The molecule has 1 fully saturated rings. The first-order valence-electron chi connectivity index (χ1n) is 7.24. The third-order valence-electron chi connectivity index (χ3n) is 4.36. The van der Waals surface area contributed by atoms with E-state index < -0.39 is 11.4 Å². The fourth-order valence-electron chi connectivity index (χ4n) is 2.72. The van der Waals surface area contributed by atoms with E-state index in [0.717, 1.165) is 6.42 Å². The van der Waals surface area contributed by atoms with Crippen molar-refractivity contribution in [2.45, 2.75) is 26.2 Å². The topological polar surface area (TPSA) is 60.9 Å². The van der Waals surface area contributed by atoms with Gasteiger partial charge in [-0.05, 0) is 30.7 Å². The van der Waals surface area contributed by atoms with Crippen molar-refractivity contribution in [3.8, 4) is 0 Å². The van der Waals surface area contributed by atoms with Crippen LogP contribution in [-0.2, 0) is 11.2 Å². The van der Waals surface area contributed by atoms with Gasteiger partial charge in [-0.2, -0.15) is 0 Å². The van der Waals surface area contributed by atoms with E-state index in [-0.39, 0.29) is 6.03 Å². The number of thiophene rings is 1. The van der Waals surface area contributed by atoms with Gasteiger partial charge in [0.05, 0.1) is 5.41 Å². The van der Waals surface area contributed by atoms with E-state index in [9.17, 15) is 14.7 Å². The van der Waals surface area contributed by atoms with Crippen LogP contribution >= 0.6 is 11.3 Å². The van der Waals surface area contributed by atoms with Crippen molar-refractivity contribution in [1.29, 1.82) is 0 Å². The Kier molecular flexibility index (Phi) is 4.88. The number of carbonyl (C=O) groups excluding carboxylic acids is 1. The number of urea groups is 1. The molecule has 1 N–H and O–H groups in total. The van der Waals surface area contributed by atoms with Crippen molar-refractivity contribution in [3.63, 3.8) is 0 Å². The van der Waals surface area contributed by atoms with Crippen LogP contribution in [0.2, 0.25) is 0 Å². The van der Waals surface area contributed by atoms with Gasteiger partial charge in [-0.25, -0.2) is 4.79 Å². The summed E-state index contributed by atoms with van der Waals surface area (Å²) in [5, 5.41) is 11.4. The predicted octanol–water partition coefficient (Wildman–Crippen LogP) is 2.53. The highest BCUT2D eigenvalue weighted by atomic mass is 32.1. The monoisotopic (exact) mass is 310 g/mol. The van der Waals surface area contributed by atoms with E-state index in [4.69, 9.17) is 0 Å². The lowest BCUT2D eigenvalue weighted by Gasteiger charge is -2.27. The van der Waals surface area contributed by atoms with Crippen molar-refractivity contribution in [1.82, 2.24) is 9.80 Å². The number of aliphatic carboxylic acids is 1. The molecule has 0 saturated carbocycles. The van der Waals surface area contributed by atoms with Crippen molar-refractivity contribution >= 4 is 23.3 Å². The van der Waals surface area contributed by atoms with Crippen LogP contribution in [0.5, 0.6) is 0 Å². The summed E-state index contributed by atoms with van der Waals surface area (Å²) in [5.74, 6) is -0.790. The Morgan fingerprint density at radius 1 is 1.52 bits per heavy atom. The van der Waals surface area contributed by atoms with Crippen LogP contribution in [0.25, 0.3) is 0 Å². The van der Waals surface area contributed by atoms with E-state index in [1.54, 1.807) is 28.2 Å². The molecule has 0 aliphatic carbocycles. The molecule has 1 aliphatic rings. The Labute approximate surface area is 129 Å². The second kappa shape index (κ2) is 6.47. The molecule has 2 rings (SSSR count). The van der Waals surface area contributed by atoms with Gasteiger partial charge >= 0.3 is 12.0 Å². The Morgan fingerprint density at radius 3 is 2.81 bits per heavy atom. The van der Waals surface area contributed by atoms with E-state index in [1.165, 1.54) is 4.88 Å². The van der Waals surface area contributed by atoms with Gasteiger partial charge in [-0.1, -0.05) is 13.0 Å². The third kappa shape index (κ3) is 3.37. The standard InChI is InChI=1S/C15H22N2O3S/c1-3-15(13(18)19)7-9-17(11-15)14(20)16(2)8-6-12-5-4-10-21-12/h4-5,10H,3,6-9,11H2,1-2H3,(H,18,19). The smallest absolute Gasteiger partial charge is 0.319 e. The minimum atomic E-state index is -0.790. The van der Waals surface area contributed by atoms with Crippen LogP contribution in [0.4, 0.5) is 4.79 Å². The van der Waals surface area contributed by atoms with Crippen molar-refractivity contribution in [2.75, 3.05) is 26.7 Å². The average molecular weight is 310 g/mol. The van der Waals surface area contributed by atoms with Gasteiger partial charge in [-0.3, -0.25) is 4.79 Å². The number of likely N-dealkylation sites (N-methyl/N-ethyl adjacent to an activating group) is 1. The summed E-state index contributed by atoms with van der Waals surface area (Å²) in [4.78, 5) is 28.4. The number of carboxylic acids is 1. The van der Waals surface area contributed by atoms with E-state index in [1.807, 2.05) is 18.4 Å². The summed E-state index contributed by atoms with van der Waals surface area (Å²) in [5.41, 5.74) is -0.760. The molecule has 5 nitrogen and oxygen atoms in total. The molecular weight excluding hydrogens is 288 g/mol. The van der Waals surface area contributed by atoms with Crippen LogP contribution in [-0.4, -0.2) is 53.6 Å². The molecule has 0 aromatic carbocycles. The Morgan fingerprint density at radius 2 is 2.29 bits per heavy atom. The molecular formula is C15H22N2O3S. The molecule has 1 aliphatic heterocycles.